The van der Waals surface area contributed by atoms with Crippen LogP contribution in [0.3, 0.4) is 0 Å². The van der Waals surface area contributed by atoms with Crippen molar-refractivity contribution in [3.8, 4) is 0 Å². The number of aromatic nitrogens is 3. The molecule has 2 atom stereocenters. The van der Waals surface area contributed by atoms with Gasteiger partial charge in [-0.25, -0.2) is 14.4 Å². The van der Waals surface area contributed by atoms with Gasteiger partial charge >= 0.3 is 0 Å². The molecule has 0 bridgehead atoms. The highest BCUT2D eigenvalue weighted by Gasteiger charge is 2.32. The minimum Gasteiger partial charge on any atom is -0.392 e. The number of imidazole rings is 1. The van der Waals surface area contributed by atoms with Crippen LogP contribution in [0.25, 0.3) is 5.78 Å². The lowest BCUT2D eigenvalue weighted by atomic mass is 10.0. The summed E-state index contributed by atoms with van der Waals surface area (Å²) in [5, 5.41) is 10.2. The van der Waals surface area contributed by atoms with Crippen molar-refractivity contribution in [2.24, 2.45) is 0 Å². The van der Waals surface area contributed by atoms with E-state index < -0.39 is 0 Å². The van der Waals surface area contributed by atoms with Gasteiger partial charge in [-0.05, 0) is 44.0 Å². The highest BCUT2D eigenvalue weighted by atomic mass is 19.1. The molecule has 5 nitrogen and oxygen atoms in total. The van der Waals surface area contributed by atoms with Crippen LogP contribution < -0.4 is 0 Å². The summed E-state index contributed by atoms with van der Waals surface area (Å²) < 4.78 is 15.3. The van der Waals surface area contributed by atoms with Crippen LogP contribution in [-0.2, 0) is 6.54 Å². The summed E-state index contributed by atoms with van der Waals surface area (Å²) in [5.74, 6) is 0.457. The summed E-state index contributed by atoms with van der Waals surface area (Å²) in [7, 11) is 0. The molecule has 0 unspecified atom stereocenters. The van der Waals surface area contributed by atoms with Crippen molar-refractivity contribution in [2.75, 3.05) is 6.54 Å². The van der Waals surface area contributed by atoms with Gasteiger partial charge < -0.3 is 5.11 Å². The first-order valence-corrected chi connectivity index (χ1v) is 8.49. The first kappa shape index (κ1) is 16.2. The highest BCUT2D eigenvalue weighted by molar-refractivity contribution is 5.35. The Hall–Kier alpha value is -2.31. The zero-order valence-corrected chi connectivity index (χ0v) is 14.4. The molecule has 1 aromatic carbocycles. The molecule has 4 rings (SSSR count). The second-order valence-electron chi connectivity index (χ2n) is 6.81. The zero-order valence-electron chi connectivity index (χ0n) is 14.4. The molecule has 130 valence electrons. The predicted octanol–water partition coefficient (Wildman–Crippen LogP) is 2.79. The van der Waals surface area contributed by atoms with Gasteiger partial charge in [-0.3, -0.25) is 9.30 Å². The summed E-state index contributed by atoms with van der Waals surface area (Å²) in [5.41, 5.74) is 4.11. The lowest BCUT2D eigenvalue weighted by molar-refractivity contribution is 0.172. The molecule has 3 heterocycles. The van der Waals surface area contributed by atoms with E-state index in [2.05, 4.69) is 19.3 Å². The van der Waals surface area contributed by atoms with Crippen molar-refractivity contribution in [3.05, 3.63) is 65.0 Å². The van der Waals surface area contributed by atoms with E-state index in [1.165, 1.54) is 12.1 Å². The molecule has 1 aliphatic heterocycles. The Morgan fingerprint density at radius 3 is 2.76 bits per heavy atom. The van der Waals surface area contributed by atoms with E-state index >= 15 is 0 Å². The molecule has 0 saturated carbocycles. The Bertz CT molecular complexity index is 906. The zero-order chi connectivity index (χ0) is 17.6. The first-order valence-electron chi connectivity index (χ1n) is 8.49. The molecule has 2 aromatic heterocycles. The molecule has 0 radical (unpaired) electrons. The van der Waals surface area contributed by atoms with Gasteiger partial charge in [-0.15, -0.1) is 0 Å². The minimum absolute atomic E-state index is 0.0693. The molecule has 6 heteroatoms. The molecule has 1 fully saturated rings. The maximum atomic E-state index is 13.2. The number of hydrogen-bond acceptors (Lipinski definition) is 4. The predicted molar refractivity (Wildman–Crippen MR) is 92.6 cm³/mol. The molecular weight excluding hydrogens is 319 g/mol. The quantitative estimate of drug-likeness (QED) is 0.797. The topological polar surface area (TPSA) is 53.7 Å². The molecule has 0 amide bonds. The summed E-state index contributed by atoms with van der Waals surface area (Å²) in [6, 6.07) is 8.66. The number of nitrogens with zero attached hydrogens (tertiary/aromatic N) is 4. The fourth-order valence-electron chi connectivity index (χ4n) is 3.80. The molecule has 0 spiro atoms. The van der Waals surface area contributed by atoms with Gasteiger partial charge in [-0.2, -0.15) is 0 Å². The van der Waals surface area contributed by atoms with Crippen LogP contribution in [0, 0.1) is 19.7 Å². The van der Waals surface area contributed by atoms with Crippen LogP contribution in [0.5, 0.6) is 0 Å². The van der Waals surface area contributed by atoms with Crippen molar-refractivity contribution >= 4 is 5.78 Å². The fourth-order valence-corrected chi connectivity index (χ4v) is 3.80. The third-order valence-electron chi connectivity index (χ3n) is 4.86. The number of halogens is 1. The number of aliphatic hydroxyl groups excluding tert-OH is 1. The van der Waals surface area contributed by atoms with Gasteiger partial charge in [0.2, 0.25) is 5.78 Å². The minimum atomic E-state index is -0.379. The molecule has 0 aliphatic carbocycles. The van der Waals surface area contributed by atoms with Crippen LogP contribution >= 0.6 is 0 Å². The Kier molecular flexibility index (Phi) is 4.01. The largest absolute Gasteiger partial charge is 0.392 e. The van der Waals surface area contributed by atoms with Gasteiger partial charge in [0.05, 0.1) is 18.0 Å². The normalized spacial score (nSPS) is 21.3. The lowest BCUT2D eigenvalue weighted by Crippen LogP contribution is -2.25. The summed E-state index contributed by atoms with van der Waals surface area (Å²) in [4.78, 5) is 11.1. The lowest BCUT2D eigenvalue weighted by Gasteiger charge is -2.24. The van der Waals surface area contributed by atoms with Crippen LogP contribution in [0.15, 0.2) is 36.5 Å². The fraction of sp³-hybridized carbons (Fsp3) is 0.368. The van der Waals surface area contributed by atoms with Gasteiger partial charge in [0.25, 0.3) is 0 Å². The van der Waals surface area contributed by atoms with Crippen LogP contribution in [0.1, 0.15) is 35.1 Å². The van der Waals surface area contributed by atoms with Gasteiger partial charge in [0.1, 0.15) is 5.82 Å². The van der Waals surface area contributed by atoms with E-state index in [1.54, 1.807) is 12.1 Å². The SMILES string of the molecule is Cc1cc(C)n2c(CN3C[C@@H](O)C[C@@H]3c3ccc(F)cc3)cnc2n1. The van der Waals surface area contributed by atoms with E-state index in [9.17, 15) is 9.50 Å². The van der Waals surface area contributed by atoms with Gasteiger partial charge in [0.15, 0.2) is 0 Å². The number of likely N-dealkylation sites (tertiary alicyclic amines) is 1. The van der Waals surface area contributed by atoms with E-state index in [-0.39, 0.29) is 18.0 Å². The van der Waals surface area contributed by atoms with E-state index in [4.69, 9.17) is 0 Å². The first-order chi connectivity index (χ1) is 12.0. The number of fused-ring (bicyclic) bond motifs is 1. The standard InChI is InChI=1S/C19H21FN4O/c1-12-7-13(2)24-16(9-21-19(24)22-12)10-23-11-17(25)8-18(23)14-3-5-15(20)6-4-14/h3-7,9,17-18,25H,8,10-11H2,1-2H3/t17-,18+/m0/s1. The van der Waals surface area contributed by atoms with Gasteiger partial charge in [0, 0.05) is 30.5 Å². The van der Waals surface area contributed by atoms with Crippen LogP contribution in [-0.4, -0.2) is 37.0 Å². The summed E-state index contributed by atoms with van der Waals surface area (Å²) in [6.45, 7) is 5.26. The number of aliphatic hydroxyl groups is 1. The maximum absolute atomic E-state index is 13.2. The second kappa shape index (κ2) is 6.20. The number of hydrogen-bond donors (Lipinski definition) is 1. The Morgan fingerprint density at radius 1 is 1.24 bits per heavy atom. The van der Waals surface area contributed by atoms with E-state index in [1.807, 2.05) is 26.1 Å². The summed E-state index contributed by atoms with van der Waals surface area (Å²) >= 11 is 0. The van der Waals surface area contributed by atoms with Crippen molar-refractivity contribution in [3.63, 3.8) is 0 Å². The average molecular weight is 340 g/mol. The molecule has 25 heavy (non-hydrogen) atoms. The molecular formula is C19H21FN4O. The average Bonchev–Trinajstić information content (AvgIpc) is 3.12. The Balaban J connectivity index is 1.66. The maximum Gasteiger partial charge on any atom is 0.234 e. The van der Waals surface area contributed by atoms with Crippen molar-refractivity contribution in [1.29, 1.82) is 0 Å². The smallest absolute Gasteiger partial charge is 0.234 e. The third-order valence-corrected chi connectivity index (χ3v) is 4.86. The van der Waals surface area contributed by atoms with Crippen molar-refractivity contribution in [2.45, 2.75) is 39.0 Å². The monoisotopic (exact) mass is 340 g/mol. The van der Waals surface area contributed by atoms with E-state index in [0.29, 0.717) is 25.3 Å². The van der Waals surface area contributed by atoms with E-state index in [0.717, 1.165) is 22.6 Å². The number of rotatable bonds is 3. The Labute approximate surface area is 145 Å². The van der Waals surface area contributed by atoms with Crippen LogP contribution in [0.2, 0.25) is 0 Å². The number of β-amino-alcohol motifs (C(OH)–C–C–N with tert-alkyl or cyclic N) is 1. The highest BCUT2D eigenvalue weighted by Crippen LogP contribution is 2.33. The summed E-state index contributed by atoms with van der Waals surface area (Å²) in [6.07, 6.45) is 2.12. The Morgan fingerprint density at radius 2 is 2.00 bits per heavy atom. The second-order valence-corrected chi connectivity index (χ2v) is 6.81. The molecule has 1 N–H and O–H groups in total. The van der Waals surface area contributed by atoms with Crippen LogP contribution in [0.4, 0.5) is 4.39 Å². The molecule has 3 aromatic rings. The van der Waals surface area contributed by atoms with Crippen molar-refractivity contribution < 1.29 is 9.50 Å². The molecule has 1 saturated heterocycles. The van der Waals surface area contributed by atoms with Crippen molar-refractivity contribution in [1.82, 2.24) is 19.3 Å². The molecule has 1 aliphatic rings. The number of aryl methyl sites for hydroxylation is 2. The number of benzene rings is 1. The van der Waals surface area contributed by atoms with Gasteiger partial charge in [-0.1, -0.05) is 12.1 Å². The third kappa shape index (κ3) is 3.03.